The second kappa shape index (κ2) is 6.78. The van der Waals surface area contributed by atoms with Gasteiger partial charge in [0.2, 0.25) is 0 Å². The molecule has 4 heterocycles. The first-order valence-corrected chi connectivity index (χ1v) is 10.3. The molecule has 0 saturated carbocycles. The van der Waals surface area contributed by atoms with Crippen molar-refractivity contribution < 1.29 is 14.3 Å². The van der Waals surface area contributed by atoms with E-state index in [1.807, 2.05) is 6.07 Å². The van der Waals surface area contributed by atoms with Crippen LogP contribution in [0, 0.1) is 10.8 Å². The van der Waals surface area contributed by atoms with Gasteiger partial charge >= 0.3 is 0 Å². The van der Waals surface area contributed by atoms with Gasteiger partial charge in [0.05, 0.1) is 31.2 Å². The van der Waals surface area contributed by atoms with Gasteiger partial charge in [-0.05, 0) is 30.5 Å². The number of carbonyl (C=O) groups is 1. The van der Waals surface area contributed by atoms with Gasteiger partial charge in [-0.25, -0.2) is 0 Å². The highest BCUT2D eigenvalue weighted by atomic mass is 16.5. The van der Waals surface area contributed by atoms with Gasteiger partial charge in [-0.2, -0.15) is 0 Å². The first kappa shape index (κ1) is 18.8. The fraction of sp³-hybridized carbons (Fsp3) is 0.682. The average molecular weight is 373 g/mol. The van der Waals surface area contributed by atoms with Gasteiger partial charge in [0.1, 0.15) is 5.78 Å². The summed E-state index contributed by atoms with van der Waals surface area (Å²) in [6.45, 7) is 7.96. The summed E-state index contributed by atoms with van der Waals surface area (Å²) in [5.74, 6) is 2.08. The number of ketones is 1. The van der Waals surface area contributed by atoms with Crippen molar-refractivity contribution in [3.05, 3.63) is 23.8 Å². The quantitative estimate of drug-likeness (QED) is 0.733. The van der Waals surface area contributed by atoms with Gasteiger partial charge in [-0.1, -0.05) is 32.8 Å². The van der Waals surface area contributed by atoms with Crippen molar-refractivity contribution in [2.24, 2.45) is 10.8 Å². The predicted molar refractivity (Wildman–Crippen MR) is 105 cm³/mol. The second-order valence-electron chi connectivity index (χ2n) is 8.69. The molecule has 0 N–H and O–H groups in total. The number of hydrogen-bond donors (Lipinski definition) is 0. The third kappa shape index (κ3) is 2.70. The van der Waals surface area contributed by atoms with Crippen molar-refractivity contribution in [1.29, 1.82) is 0 Å². The summed E-state index contributed by atoms with van der Waals surface area (Å²) in [7, 11) is 3.35. The van der Waals surface area contributed by atoms with Crippen LogP contribution in [0.1, 0.15) is 51.3 Å². The Morgan fingerprint density at radius 2 is 1.44 bits per heavy atom. The maximum absolute atomic E-state index is 13.5. The molecule has 0 unspecified atom stereocenters. The van der Waals surface area contributed by atoms with E-state index in [9.17, 15) is 4.79 Å². The lowest BCUT2D eigenvalue weighted by atomic mass is 9.57. The summed E-state index contributed by atoms with van der Waals surface area (Å²) in [6.07, 6.45) is 4.37. The maximum atomic E-state index is 13.5. The minimum atomic E-state index is -0.173. The fourth-order valence-electron chi connectivity index (χ4n) is 6.13. The van der Waals surface area contributed by atoms with Crippen LogP contribution in [0.5, 0.6) is 11.5 Å². The Bertz CT molecular complexity index is 688. The van der Waals surface area contributed by atoms with Crippen molar-refractivity contribution in [3.63, 3.8) is 0 Å². The van der Waals surface area contributed by atoms with Gasteiger partial charge in [0.15, 0.2) is 11.5 Å². The van der Waals surface area contributed by atoms with Crippen LogP contribution in [0.3, 0.4) is 0 Å². The van der Waals surface area contributed by atoms with Crippen LogP contribution in [0.2, 0.25) is 0 Å². The van der Waals surface area contributed by atoms with Crippen molar-refractivity contribution in [2.45, 2.75) is 45.7 Å². The molecule has 4 aliphatic rings. The molecule has 4 saturated heterocycles. The lowest BCUT2D eigenvalue weighted by Gasteiger charge is -2.66. The lowest BCUT2D eigenvalue weighted by Crippen LogP contribution is -2.76. The molecular weight excluding hydrogens is 340 g/mol. The normalized spacial score (nSPS) is 36.9. The zero-order valence-electron chi connectivity index (χ0n) is 17.1. The molecule has 5 rings (SSSR count). The third-order valence-electron chi connectivity index (χ3n) is 6.84. The second-order valence-corrected chi connectivity index (χ2v) is 8.69. The molecule has 4 aliphatic heterocycles. The molecule has 148 valence electrons. The molecule has 0 aromatic heterocycles. The molecule has 4 bridgehead atoms. The minimum Gasteiger partial charge on any atom is -0.493 e. The van der Waals surface area contributed by atoms with E-state index in [2.05, 4.69) is 35.8 Å². The van der Waals surface area contributed by atoms with Gasteiger partial charge in [-0.15, -0.1) is 0 Å². The van der Waals surface area contributed by atoms with Crippen LogP contribution in [-0.4, -0.2) is 56.0 Å². The number of carbonyl (C=O) groups excluding carboxylic acids is 1. The minimum absolute atomic E-state index is 0.173. The van der Waals surface area contributed by atoms with Gasteiger partial charge in [0.25, 0.3) is 0 Å². The number of Topliss-reactive ketones (excluding diaryl/α,β-unsaturated/α-hetero) is 1. The van der Waals surface area contributed by atoms with Gasteiger partial charge in [0, 0.05) is 26.2 Å². The largest absolute Gasteiger partial charge is 0.493 e. The van der Waals surface area contributed by atoms with Gasteiger partial charge in [-0.3, -0.25) is 14.6 Å². The van der Waals surface area contributed by atoms with Crippen molar-refractivity contribution in [3.8, 4) is 11.5 Å². The SMILES string of the molecule is CCCC12CN3CC(CCC)(CN(C1)C3c1ccc(OC)c(OC)c1)C2=O. The molecule has 5 nitrogen and oxygen atoms in total. The molecule has 0 radical (unpaired) electrons. The van der Waals surface area contributed by atoms with E-state index in [1.54, 1.807) is 14.2 Å². The summed E-state index contributed by atoms with van der Waals surface area (Å²) < 4.78 is 10.9. The Morgan fingerprint density at radius 1 is 0.926 bits per heavy atom. The van der Waals surface area contributed by atoms with E-state index in [0.717, 1.165) is 63.4 Å². The molecule has 4 fully saturated rings. The zero-order valence-corrected chi connectivity index (χ0v) is 17.1. The van der Waals surface area contributed by atoms with Crippen molar-refractivity contribution in [2.75, 3.05) is 40.4 Å². The van der Waals surface area contributed by atoms with E-state index < -0.39 is 0 Å². The van der Waals surface area contributed by atoms with E-state index in [-0.39, 0.29) is 17.0 Å². The van der Waals surface area contributed by atoms with E-state index >= 15 is 0 Å². The van der Waals surface area contributed by atoms with E-state index in [0.29, 0.717) is 5.78 Å². The zero-order chi connectivity index (χ0) is 19.2. The number of nitrogens with zero attached hydrogens (tertiary/aromatic N) is 2. The highest BCUT2D eigenvalue weighted by Gasteiger charge is 2.64. The molecule has 0 aliphatic carbocycles. The van der Waals surface area contributed by atoms with Crippen LogP contribution in [-0.2, 0) is 4.79 Å². The van der Waals surface area contributed by atoms with Crippen LogP contribution < -0.4 is 9.47 Å². The average Bonchev–Trinajstić information content (AvgIpc) is 2.65. The van der Waals surface area contributed by atoms with Crippen LogP contribution >= 0.6 is 0 Å². The lowest BCUT2D eigenvalue weighted by molar-refractivity contribution is -0.205. The topological polar surface area (TPSA) is 42.0 Å². The summed E-state index contributed by atoms with van der Waals surface area (Å²) in [6, 6.07) is 6.25. The number of ether oxygens (including phenoxy) is 2. The highest BCUT2D eigenvalue weighted by Crippen LogP contribution is 2.55. The van der Waals surface area contributed by atoms with Crippen LogP contribution in [0.4, 0.5) is 0 Å². The molecular formula is C22H32N2O3. The molecule has 1 aromatic carbocycles. The predicted octanol–water partition coefficient (Wildman–Crippen LogP) is 3.49. The number of piperidine rings is 2. The molecule has 1 aromatic rings. The smallest absolute Gasteiger partial charge is 0.161 e. The first-order chi connectivity index (χ1) is 13.0. The number of methoxy groups -OCH3 is 2. The summed E-state index contributed by atoms with van der Waals surface area (Å²) in [5, 5.41) is 0. The summed E-state index contributed by atoms with van der Waals surface area (Å²) in [4.78, 5) is 18.6. The summed E-state index contributed by atoms with van der Waals surface area (Å²) >= 11 is 0. The molecule has 27 heavy (non-hydrogen) atoms. The fourth-order valence-corrected chi connectivity index (χ4v) is 6.13. The Labute approximate surface area is 162 Å². The Kier molecular flexibility index (Phi) is 4.71. The Morgan fingerprint density at radius 3 is 1.89 bits per heavy atom. The van der Waals surface area contributed by atoms with E-state index in [4.69, 9.17) is 9.47 Å². The highest BCUT2D eigenvalue weighted by molar-refractivity contribution is 5.93. The van der Waals surface area contributed by atoms with Crippen molar-refractivity contribution >= 4 is 5.78 Å². The molecule has 0 atom stereocenters. The maximum Gasteiger partial charge on any atom is 0.161 e. The van der Waals surface area contributed by atoms with E-state index in [1.165, 1.54) is 5.56 Å². The summed E-state index contributed by atoms with van der Waals surface area (Å²) in [5.41, 5.74) is 0.887. The Balaban J connectivity index is 1.71. The van der Waals surface area contributed by atoms with Crippen molar-refractivity contribution in [1.82, 2.24) is 9.80 Å². The van der Waals surface area contributed by atoms with Crippen LogP contribution in [0.25, 0.3) is 0 Å². The number of benzene rings is 1. The first-order valence-electron chi connectivity index (χ1n) is 10.3. The molecule has 0 spiro atoms. The number of rotatable bonds is 7. The molecule has 5 heteroatoms. The monoisotopic (exact) mass is 372 g/mol. The third-order valence-corrected chi connectivity index (χ3v) is 6.84. The Hall–Kier alpha value is -1.59. The standard InChI is InChI=1S/C22H32N2O3/c1-5-9-21-12-23-14-22(10-6-2,20(21)25)15-24(13-21)19(23)16-7-8-17(26-3)18(11-16)27-4/h7-8,11,19H,5-6,9-10,12-15H2,1-4H3. The molecule has 0 amide bonds. The number of hydrogen-bond acceptors (Lipinski definition) is 5. The van der Waals surface area contributed by atoms with Crippen LogP contribution in [0.15, 0.2) is 18.2 Å². The van der Waals surface area contributed by atoms with Gasteiger partial charge < -0.3 is 9.47 Å².